The Kier molecular flexibility index (Phi) is 6.08. The van der Waals surface area contributed by atoms with Gasteiger partial charge in [0.2, 0.25) is 0 Å². The molecule has 1 unspecified atom stereocenters. The number of benzene rings is 1. The Hall–Kier alpha value is -2.58. The van der Waals surface area contributed by atoms with Crippen molar-refractivity contribution in [2.24, 2.45) is 10.9 Å². The first kappa shape index (κ1) is 18.8. The molecule has 1 aromatic rings. The molecular weight excluding hydrogens is 348 g/mol. The first-order chi connectivity index (χ1) is 13.8. The first-order valence-electron chi connectivity index (χ1n) is 10.4. The van der Waals surface area contributed by atoms with Crippen LogP contribution in [0.3, 0.4) is 0 Å². The lowest BCUT2D eigenvalue weighted by Crippen LogP contribution is -2.32. The second-order valence-corrected chi connectivity index (χ2v) is 7.86. The maximum atomic E-state index is 9.04. The predicted molar refractivity (Wildman–Crippen MR) is 111 cm³/mol. The van der Waals surface area contributed by atoms with E-state index in [-0.39, 0.29) is 6.02 Å². The minimum Gasteiger partial charge on any atom is -0.425 e. The third-order valence-electron chi connectivity index (χ3n) is 6.09. The van der Waals surface area contributed by atoms with Crippen molar-refractivity contribution >= 4 is 6.02 Å². The van der Waals surface area contributed by atoms with Crippen LogP contribution < -0.4 is 10.1 Å². The average molecular weight is 377 g/mol. The molecule has 3 aliphatic rings. The van der Waals surface area contributed by atoms with E-state index in [1.54, 1.807) is 0 Å². The van der Waals surface area contributed by atoms with Crippen LogP contribution in [-0.4, -0.2) is 30.1 Å². The third kappa shape index (κ3) is 4.63. The minimum absolute atomic E-state index is 0.221. The fraction of sp³-hybridized carbons (Fsp3) is 0.478. The van der Waals surface area contributed by atoms with E-state index in [0.717, 1.165) is 24.6 Å². The molecule has 2 atom stereocenters. The summed E-state index contributed by atoms with van der Waals surface area (Å²) in [5, 5.41) is 11.6. The fourth-order valence-corrected chi connectivity index (χ4v) is 4.62. The standard InChI is InChI=1S/C23H28N4O/c24-17-25-23(28-22-6-2-1-3-7-22)26-20-11-8-18-9-12-21(13-10-19(18)16-20)27-14-4-5-15-27/h1-3,6-7,11,16,18,21H,4-5,8-10,12-15H2,(H,25,26)/t18?,21-/m0/s1. The second-order valence-electron chi connectivity index (χ2n) is 7.86. The van der Waals surface area contributed by atoms with Crippen molar-refractivity contribution in [1.82, 2.24) is 10.2 Å². The van der Waals surface area contributed by atoms with Crippen molar-refractivity contribution in [1.29, 1.82) is 5.26 Å². The lowest BCUT2D eigenvalue weighted by molar-refractivity contribution is 0.219. The van der Waals surface area contributed by atoms with Gasteiger partial charge >= 0.3 is 6.02 Å². The molecule has 0 amide bonds. The van der Waals surface area contributed by atoms with Crippen molar-refractivity contribution in [2.75, 3.05) is 13.1 Å². The summed E-state index contributed by atoms with van der Waals surface area (Å²) in [4.78, 5) is 7.28. The van der Waals surface area contributed by atoms with Gasteiger partial charge in [0.1, 0.15) is 5.75 Å². The summed E-state index contributed by atoms with van der Waals surface area (Å²) in [5.41, 5.74) is 2.40. The van der Waals surface area contributed by atoms with Gasteiger partial charge in [-0.15, -0.1) is 0 Å². The molecule has 4 rings (SSSR count). The monoisotopic (exact) mass is 376 g/mol. The molecule has 5 heteroatoms. The second kappa shape index (κ2) is 9.07. The quantitative estimate of drug-likeness (QED) is 0.368. The summed E-state index contributed by atoms with van der Waals surface area (Å²) in [6.45, 7) is 2.56. The number of aliphatic imine (C=N–C) groups is 1. The van der Waals surface area contributed by atoms with E-state index < -0.39 is 0 Å². The third-order valence-corrected chi connectivity index (χ3v) is 6.09. The molecule has 1 aromatic carbocycles. The van der Waals surface area contributed by atoms with E-state index in [9.17, 15) is 0 Å². The minimum atomic E-state index is 0.221. The number of hydrogen-bond donors (Lipinski definition) is 1. The van der Waals surface area contributed by atoms with Crippen molar-refractivity contribution in [3.05, 3.63) is 53.8 Å². The zero-order chi connectivity index (χ0) is 19.2. The number of ether oxygens (including phenoxy) is 1. The molecular formula is C23H28N4O. The van der Waals surface area contributed by atoms with Gasteiger partial charge in [0, 0.05) is 6.04 Å². The van der Waals surface area contributed by atoms with Gasteiger partial charge in [-0.05, 0) is 82.2 Å². The highest BCUT2D eigenvalue weighted by Gasteiger charge is 2.28. The van der Waals surface area contributed by atoms with E-state index in [0.29, 0.717) is 11.7 Å². The largest absolute Gasteiger partial charge is 0.425 e. The molecule has 5 nitrogen and oxygen atoms in total. The lowest BCUT2D eigenvalue weighted by Gasteiger charge is -2.26. The Labute approximate surface area is 167 Å². The zero-order valence-corrected chi connectivity index (χ0v) is 16.3. The average Bonchev–Trinajstić information content (AvgIpc) is 3.17. The molecule has 1 heterocycles. The topological polar surface area (TPSA) is 60.7 Å². The Morgan fingerprint density at radius 3 is 2.75 bits per heavy atom. The van der Waals surface area contributed by atoms with Gasteiger partial charge in [-0.1, -0.05) is 29.8 Å². The van der Waals surface area contributed by atoms with Gasteiger partial charge in [-0.25, -0.2) is 5.32 Å². The number of amidine groups is 1. The molecule has 1 N–H and O–H groups in total. The predicted octanol–water partition coefficient (Wildman–Crippen LogP) is 4.36. The van der Waals surface area contributed by atoms with Crippen LogP contribution in [0.2, 0.25) is 0 Å². The molecule has 1 saturated carbocycles. The smallest absolute Gasteiger partial charge is 0.309 e. The Bertz CT molecular complexity index is 800. The highest BCUT2D eigenvalue weighted by atomic mass is 16.5. The van der Waals surface area contributed by atoms with E-state index >= 15 is 0 Å². The van der Waals surface area contributed by atoms with Crippen molar-refractivity contribution in [2.45, 2.75) is 51.0 Å². The molecule has 0 spiro atoms. The molecule has 1 aliphatic heterocycles. The van der Waals surface area contributed by atoms with Crippen LogP contribution in [0.4, 0.5) is 0 Å². The highest BCUT2D eigenvalue weighted by molar-refractivity contribution is 5.79. The van der Waals surface area contributed by atoms with Crippen LogP contribution in [0, 0.1) is 17.4 Å². The van der Waals surface area contributed by atoms with Gasteiger partial charge in [0.25, 0.3) is 0 Å². The van der Waals surface area contributed by atoms with Crippen LogP contribution in [0.1, 0.15) is 44.9 Å². The van der Waals surface area contributed by atoms with E-state index in [4.69, 9.17) is 10.00 Å². The number of para-hydroxylation sites is 1. The van der Waals surface area contributed by atoms with Crippen molar-refractivity contribution in [3.8, 4) is 11.9 Å². The van der Waals surface area contributed by atoms with Gasteiger partial charge < -0.3 is 9.64 Å². The molecule has 0 aromatic heterocycles. The number of nitrogens with one attached hydrogen (secondary N) is 1. The van der Waals surface area contributed by atoms with Gasteiger partial charge in [0.15, 0.2) is 6.19 Å². The fourth-order valence-electron chi connectivity index (χ4n) is 4.62. The van der Waals surface area contributed by atoms with E-state index in [1.807, 2.05) is 36.5 Å². The Balaban J connectivity index is 1.45. The van der Waals surface area contributed by atoms with Crippen molar-refractivity contribution < 1.29 is 4.74 Å². The SMILES string of the molecule is N#CNC(=NC1=CCC2CC[C@H](N3CCCC3)CCC2=C1)Oc1ccccc1. The maximum absolute atomic E-state index is 9.04. The summed E-state index contributed by atoms with van der Waals surface area (Å²) in [5.74, 6) is 1.31. The Morgan fingerprint density at radius 1 is 1.14 bits per heavy atom. The van der Waals surface area contributed by atoms with Crippen LogP contribution in [-0.2, 0) is 0 Å². The van der Waals surface area contributed by atoms with Crippen LogP contribution in [0.5, 0.6) is 5.75 Å². The number of hydrogen-bond acceptors (Lipinski definition) is 4. The normalized spacial score (nSPS) is 25.8. The summed E-state index contributed by atoms with van der Waals surface area (Å²) in [6.07, 6.45) is 15.1. The number of rotatable bonds is 3. The number of allylic oxidation sites excluding steroid dienone is 3. The zero-order valence-electron chi connectivity index (χ0n) is 16.3. The van der Waals surface area contributed by atoms with Gasteiger partial charge in [0.05, 0.1) is 5.70 Å². The molecule has 0 bridgehead atoms. The van der Waals surface area contributed by atoms with E-state index in [1.165, 1.54) is 50.8 Å². The molecule has 1 saturated heterocycles. The van der Waals surface area contributed by atoms with Gasteiger partial charge in [-0.2, -0.15) is 10.3 Å². The molecule has 146 valence electrons. The summed E-state index contributed by atoms with van der Waals surface area (Å²) < 4.78 is 5.74. The first-order valence-corrected chi connectivity index (χ1v) is 10.4. The summed E-state index contributed by atoms with van der Waals surface area (Å²) >= 11 is 0. The van der Waals surface area contributed by atoms with Crippen molar-refractivity contribution in [3.63, 3.8) is 0 Å². The number of likely N-dealkylation sites (tertiary alicyclic amines) is 1. The van der Waals surface area contributed by atoms with Crippen LogP contribution in [0.15, 0.2) is 58.7 Å². The molecule has 28 heavy (non-hydrogen) atoms. The summed E-state index contributed by atoms with van der Waals surface area (Å²) in [6, 6.07) is 10.4. The van der Waals surface area contributed by atoms with E-state index in [2.05, 4.69) is 27.4 Å². The van der Waals surface area contributed by atoms with Gasteiger partial charge in [-0.3, -0.25) is 0 Å². The van der Waals surface area contributed by atoms with Crippen LogP contribution >= 0.6 is 0 Å². The molecule has 2 aliphatic carbocycles. The highest BCUT2D eigenvalue weighted by Crippen LogP contribution is 2.37. The molecule has 0 radical (unpaired) electrons. The summed E-state index contributed by atoms with van der Waals surface area (Å²) in [7, 11) is 0. The Morgan fingerprint density at radius 2 is 1.96 bits per heavy atom. The number of nitriles is 1. The van der Waals surface area contributed by atoms with Crippen LogP contribution in [0.25, 0.3) is 0 Å². The lowest BCUT2D eigenvalue weighted by atomic mass is 9.87. The molecule has 2 fully saturated rings. The number of nitrogens with zero attached hydrogens (tertiary/aromatic N) is 3. The maximum Gasteiger partial charge on any atom is 0.309 e. The number of fused-ring (bicyclic) bond motifs is 1.